The number of benzene rings is 3. The molecule has 2 N–H and O–H groups in total. The second-order valence-corrected chi connectivity index (χ2v) is 8.90. The molecule has 1 aliphatic rings. The molecule has 0 amide bonds. The zero-order valence-electron chi connectivity index (χ0n) is 20.5. The van der Waals surface area contributed by atoms with Crippen LogP contribution < -0.4 is 15.4 Å². The lowest BCUT2D eigenvalue weighted by molar-refractivity contribution is 0.0601. The fourth-order valence-corrected chi connectivity index (χ4v) is 4.28. The van der Waals surface area contributed by atoms with Crippen LogP contribution >= 0.6 is 0 Å². The van der Waals surface area contributed by atoms with Gasteiger partial charge in [0.05, 0.1) is 19.8 Å². The molecule has 3 aromatic carbocycles. The van der Waals surface area contributed by atoms with Crippen LogP contribution in [0.15, 0.2) is 54.6 Å². The molecular formula is C29H34N2O3. The molecule has 3 aromatic rings. The molecule has 4 rings (SSSR count). The normalized spacial score (nSPS) is 12.8. The fourth-order valence-electron chi connectivity index (χ4n) is 4.28. The Morgan fingerprint density at radius 3 is 2.12 bits per heavy atom. The van der Waals surface area contributed by atoms with Crippen LogP contribution in [0.4, 0.5) is 11.4 Å². The third kappa shape index (κ3) is 5.19. The van der Waals surface area contributed by atoms with Crippen LogP contribution in [0, 0.1) is 12.8 Å². The Hall–Kier alpha value is -3.47. The van der Waals surface area contributed by atoms with E-state index in [0.717, 1.165) is 70.4 Å². The lowest BCUT2D eigenvalue weighted by Gasteiger charge is -2.19. The summed E-state index contributed by atoms with van der Waals surface area (Å²) in [5.41, 5.74) is 7.21. The van der Waals surface area contributed by atoms with Crippen LogP contribution in [0.5, 0.6) is 5.75 Å². The second kappa shape index (κ2) is 10.6. The zero-order valence-corrected chi connectivity index (χ0v) is 20.5. The van der Waals surface area contributed by atoms with Crippen molar-refractivity contribution in [2.45, 2.75) is 33.1 Å². The van der Waals surface area contributed by atoms with Gasteiger partial charge in [0.15, 0.2) is 0 Å². The summed E-state index contributed by atoms with van der Waals surface area (Å²) >= 11 is 0. The molecule has 0 aromatic heterocycles. The fraction of sp³-hybridized carbons (Fsp3) is 0.345. The molecule has 0 atom stereocenters. The van der Waals surface area contributed by atoms with Crippen LogP contribution in [-0.2, 0) is 4.74 Å². The molecule has 1 fully saturated rings. The predicted molar refractivity (Wildman–Crippen MR) is 140 cm³/mol. The van der Waals surface area contributed by atoms with Crippen LogP contribution in [0.25, 0.3) is 22.3 Å². The molecule has 0 aliphatic heterocycles. The molecule has 5 heteroatoms. The highest BCUT2D eigenvalue weighted by Crippen LogP contribution is 2.41. The molecule has 0 bridgehead atoms. The van der Waals surface area contributed by atoms with Gasteiger partial charge in [-0.05, 0) is 79.1 Å². The monoisotopic (exact) mass is 458 g/mol. The molecular weight excluding hydrogens is 424 g/mol. The van der Waals surface area contributed by atoms with Gasteiger partial charge in [-0.15, -0.1) is 0 Å². The van der Waals surface area contributed by atoms with E-state index >= 15 is 0 Å². The van der Waals surface area contributed by atoms with Gasteiger partial charge in [-0.2, -0.15) is 0 Å². The number of esters is 1. The average molecular weight is 459 g/mol. The lowest BCUT2D eigenvalue weighted by atomic mass is 9.88. The topological polar surface area (TPSA) is 59.6 Å². The summed E-state index contributed by atoms with van der Waals surface area (Å²) in [6.07, 6.45) is 3.70. The van der Waals surface area contributed by atoms with E-state index in [1.165, 1.54) is 20.0 Å². The van der Waals surface area contributed by atoms with Crippen molar-refractivity contribution in [3.05, 3.63) is 65.7 Å². The van der Waals surface area contributed by atoms with E-state index in [9.17, 15) is 4.79 Å². The van der Waals surface area contributed by atoms with Gasteiger partial charge in [-0.25, -0.2) is 4.79 Å². The van der Waals surface area contributed by atoms with E-state index in [2.05, 4.69) is 41.8 Å². The standard InChI is InChI=1S/C29H34N2O3/c1-5-16-30-23-12-8-21(9-13-23)25-17-26(33-3)27(19(2)28(25)29(32)34-4)22-10-14-24(15-11-22)31-18-20-6-7-20/h8-15,17,20,30-31H,5-7,16,18H2,1-4H3. The Morgan fingerprint density at radius 1 is 0.941 bits per heavy atom. The number of nitrogens with one attached hydrogen (secondary N) is 2. The summed E-state index contributed by atoms with van der Waals surface area (Å²) in [4.78, 5) is 12.9. The maximum atomic E-state index is 12.9. The molecule has 1 saturated carbocycles. The maximum absolute atomic E-state index is 12.9. The van der Waals surface area contributed by atoms with Crippen molar-refractivity contribution in [1.29, 1.82) is 0 Å². The summed E-state index contributed by atoms with van der Waals surface area (Å²) in [7, 11) is 3.09. The van der Waals surface area contributed by atoms with E-state index in [4.69, 9.17) is 9.47 Å². The van der Waals surface area contributed by atoms with Gasteiger partial charge < -0.3 is 20.1 Å². The van der Waals surface area contributed by atoms with E-state index in [-0.39, 0.29) is 5.97 Å². The summed E-state index contributed by atoms with van der Waals surface area (Å²) in [6.45, 7) is 6.04. The zero-order chi connectivity index (χ0) is 24.1. The highest BCUT2D eigenvalue weighted by molar-refractivity contribution is 6.02. The first-order valence-corrected chi connectivity index (χ1v) is 12.0. The van der Waals surface area contributed by atoms with E-state index in [1.807, 2.05) is 37.3 Å². The number of hydrogen-bond acceptors (Lipinski definition) is 5. The van der Waals surface area contributed by atoms with Crippen molar-refractivity contribution < 1.29 is 14.3 Å². The Morgan fingerprint density at radius 2 is 1.56 bits per heavy atom. The van der Waals surface area contributed by atoms with Gasteiger partial charge in [0, 0.05) is 35.6 Å². The van der Waals surface area contributed by atoms with Gasteiger partial charge in [-0.1, -0.05) is 31.2 Å². The van der Waals surface area contributed by atoms with Gasteiger partial charge in [-0.3, -0.25) is 0 Å². The third-order valence-corrected chi connectivity index (χ3v) is 6.39. The minimum absolute atomic E-state index is 0.354. The molecule has 178 valence electrons. The number of methoxy groups -OCH3 is 2. The maximum Gasteiger partial charge on any atom is 0.338 e. The number of carbonyl (C=O) groups excluding carboxylic acids is 1. The SMILES string of the molecule is CCCNc1ccc(-c2cc(OC)c(-c3ccc(NCC4CC4)cc3)c(C)c2C(=O)OC)cc1. The first-order chi connectivity index (χ1) is 16.5. The van der Waals surface area contributed by atoms with Crippen LogP contribution in [0.3, 0.4) is 0 Å². The third-order valence-electron chi connectivity index (χ3n) is 6.39. The van der Waals surface area contributed by atoms with Crippen molar-refractivity contribution in [2.24, 2.45) is 5.92 Å². The summed E-state index contributed by atoms with van der Waals surface area (Å²) in [5, 5.41) is 6.89. The lowest BCUT2D eigenvalue weighted by Crippen LogP contribution is -2.09. The molecule has 5 nitrogen and oxygen atoms in total. The summed E-state index contributed by atoms with van der Waals surface area (Å²) in [5.74, 6) is 1.19. The van der Waals surface area contributed by atoms with Crippen LogP contribution in [0.1, 0.15) is 42.1 Å². The Balaban J connectivity index is 1.74. The molecule has 0 saturated heterocycles. The van der Waals surface area contributed by atoms with Crippen LogP contribution in [-0.4, -0.2) is 33.3 Å². The van der Waals surface area contributed by atoms with E-state index in [0.29, 0.717) is 5.56 Å². The van der Waals surface area contributed by atoms with E-state index in [1.54, 1.807) is 7.11 Å². The summed E-state index contributed by atoms with van der Waals surface area (Å²) < 4.78 is 11.0. The number of rotatable bonds is 10. The quantitative estimate of drug-likeness (QED) is 0.328. The highest BCUT2D eigenvalue weighted by Gasteiger charge is 2.24. The smallest absolute Gasteiger partial charge is 0.338 e. The molecule has 0 heterocycles. The van der Waals surface area contributed by atoms with Crippen molar-refractivity contribution in [1.82, 2.24) is 0 Å². The first kappa shape index (κ1) is 23.7. The molecule has 0 unspecified atom stereocenters. The van der Waals surface area contributed by atoms with Crippen molar-refractivity contribution in [3.8, 4) is 28.0 Å². The van der Waals surface area contributed by atoms with Gasteiger partial charge in [0.25, 0.3) is 0 Å². The minimum atomic E-state index is -0.354. The highest BCUT2D eigenvalue weighted by atomic mass is 16.5. The summed E-state index contributed by atoms with van der Waals surface area (Å²) in [6, 6.07) is 18.4. The number of ether oxygens (including phenoxy) is 2. The van der Waals surface area contributed by atoms with Crippen molar-refractivity contribution in [2.75, 3.05) is 37.9 Å². The number of anilines is 2. The van der Waals surface area contributed by atoms with Crippen LogP contribution in [0.2, 0.25) is 0 Å². The second-order valence-electron chi connectivity index (χ2n) is 8.90. The molecule has 1 aliphatic carbocycles. The molecule has 0 radical (unpaired) electrons. The number of hydrogen-bond donors (Lipinski definition) is 2. The molecule has 0 spiro atoms. The number of carbonyl (C=O) groups is 1. The van der Waals surface area contributed by atoms with Gasteiger partial charge >= 0.3 is 5.97 Å². The van der Waals surface area contributed by atoms with E-state index < -0.39 is 0 Å². The Kier molecular flexibility index (Phi) is 7.41. The predicted octanol–water partition coefficient (Wildman–Crippen LogP) is 6.77. The Bertz CT molecular complexity index is 1130. The largest absolute Gasteiger partial charge is 0.496 e. The molecule has 34 heavy (non-hydrogen) atoms. The van der Waals surface area contributed by atoms with Gasteiger partial charge in [0.2, 0.25) is 0 Å². The first-order valence-electron chi connectivity index (χ1n) is 12.0. The average Bonchev–Trinajstić information content (AvgIpc) is 3.70. The minimum Gasteiger partial charge on any atom is -0.496 e. The van der Waals surface area contributed by atoms with Crippen molar-refractivity contribution >= 4 is 17.3 Å². The van der Waals surface area contributed by atoms with Gasteiger partial charge in [0.1, 0.15) is 5.75 Å². The van der Waals surface area contributed by atoms with Crippen molar-refractivity contribution in [3.63, 3.8) is 0 Å². The Labute approximate surface area is 202 Å².